The lowest BCUT2D eigenvalue weighted by molar-refractivity contribution is -0.121. The zero-order chi connectivity index (χ0) is 11.3. The Morgan fingerprint density at radius 2 is 2.20 bits per heavy atom. The molecular formula is C10H14N2O3. The quantitative estimate of drug-likeness (QED) is 0.734. The number of aromatic nitrogens is 1. The van der Waals surface area contributed by atoms with Crippen molar-refractivity contribution in [2.75, 3.05) is 32.8 Å². The van der Waals surface area contributed by atoms with Crippen LogP contribution >= 0.6 is 0 Å². The number of rotatable bonds is 4. The molecular weight excluding hydrogens is 196 g/mol. The number of anilines is 1. The average Bonchev–Trinajstić information content (AvgIpc) is 2.28. The van der Waals surface area contributed by atoms with E-state index in [1.54, 1.807) is 32.5 Å². The maximum atomic E-state index is 11.4. The van der Waals surface area contributed by atoms with Crippen molar-refractivity contribution in [2.24, 2.45) is 0 Å². The van der Waals surface area contributed by atoms with Gasteiger partial charge in [0.15, 0.2) is 0 Å². The van der Waals surface area contributed by atoms with Crippen molar-refractivity contribution in [3.8, 4) is 5.88 Å². The molecule has 0 unspecified atom stereocenters. The van der Waals surface area contributed by atoms with Crippen LogP contribution in [0.3, 0.4) is 0 Å². The van der Waals surface area contributed by atoms with Crippen LogP contribution in [0.15, 0.2) is 18.3 Å². The van der Waals surface area contributed by atoms with Crippen LogP contribution in [0.2, 0.25) is 0 Å². The van der Waals surface area contributed by atoms with E-state index in [9.17, 15) is 4.79 Å². The number of methoxy groups -OCH3 is 2. The molecule has 5 nitrogen and oxygen atoms in total. The van der Waals surface area contributed by atoms with Crippen molar-refractivity contribution >= 4 is 11.6 Å². The van der Waals surface area contributed by atoms with Gasteiger partial charge in [0.1, 0.15) is 6.61 Å². The highest BCUT2D eigenvalue weighted by molar-refractivity contribution is 5.93. The second-order valence-electron chi connectivity index (χ2n) is 2.94. The molecule has 0 spiro atoms. The van der Waals surface area contributed by atoms with Gasteiger partial charge in [-0.15, -0.1) is 0 Å². The Kier molecular flexibility index (Phi) is 4.05. The molecule has 0 saturated carbocycles. The Labute approximate surface area is 88.6 Å². The molecule has 1 aromatic heterocycles. The number of carbonyl (C=O) groups is 1. The van der Waals surface area contributed by atoms with Crippen LogP contribution < -0.4 is 9.64 Å². The summed E-state index contributed by atoms with van der Waals surface area (Å²) < 4.78 is 9.67. The van der Waals surface area contributed by atoms with Crippen molar-refractivity contribution in [1.29, 1.82) is 0 Å². The molecule has 0 radical (unpaired) electrons. The first kappa shape index (κ1) is 11.5. The second-order valence-corrected chi connectivity index (χ2v) is 2.94. The minimum atomic E-state index is -0.121. The molecule has 82 valence electrons. The maximum Gasteiger partial charge on any atom is 0.252 e. The number of nitrogens with zero attached hydrogens (tertiary/aromatic N) is 2. The molecule has 0 bridgehead atoms. The Hall–Kier alpha value is -1.62. The summed E-state index contributed by atoms with van der Waals surface area (Å²) in [6.45, 7) is 0.0581. The fourth-order valence-electron chi connectivity index (χ4n) is 1.06. The van der Waals surface area contributed by atoms with Crippen molar-refractivity contribution in [3.63, 3.8) is 0 Å². The van der Waals surface area contributed by atoms with Gasteiger partial charge in [0.05, 0.1) is 19.0 Å². The molecule has 0 aliphatic heterocycles. The summed E-state index contributed by atoms with van der Waals surface area (Å²) in [4.78, 5) is 16.9. The van der Waals surface area contributed by atoms with E-state index in [0.29, 0.717) is 11.6 Å². The van der Waals surface area contributed by atoms with Gasteiger partial charge >= 0.3 is 0 Å². The smallest absolute Gasteiger partial charge is 0.252 e. The highest BCUT2D eigenvalue weighted by Gasteiger charge is 2.10. The minimum absolute atomic E-state index is 0.0581. The zero-order valence-corrected chi connectivity index (χ0v) is 9.06. The van der Waals surface area contributed by atoms with Crippen molar-refractivity contribution in [3.05, 3.63) is 18.3 Å². The lowest BCUT2D eigenvalue weighted by atomic mass is 10.3. The number of amides is 1. The third kappa shape index (κ3) is 2.92. The number of pyridine rings is 1. The second kappa shape index (κ2) is 5.31. The first-order valence-electron chi connectivity index (χ1n) is 4.44. The molecule has 0 saturated heterocycles. The molecule has 5 heteroatoms. The van der Waals surface area contributed by atoms with Crippen LogP contribution in [0, 0.1) is 0 Å². The molecule has 1 rings (SSSR count). The summed E-state index contributed by atoms with van der Waals surface area (Å²) in [5.74, 6) is 0.399. The fraction of sp³-hybridized carbons (Fsp3) is 0.400. The molecule has 0 atom stereocenters. The van der Waals surface area contributed by atoms with Crippen molar-refractivity contribution < 1.29 is 14.3 Å². The highest BCUT2D eigenvalue weighted by Crippen LogP contribution is 2.14. The summed E-state index contributed by atoms with van der Waals surface area (Å²) in [6, 6.07) is 3.46. The Bertz CT molecular complexity index is 324. The Morgan fingerprint density at radius 1 is 1.47 bits per heavy atom. The summed E-state index contributed by atoms with van der Waals surface area (Å²) in [5.41, 5.74) is 0.706. The fourth-order valence-corrected chi connectivity index (χ4v) is 1.06. The normalized spacial score (nSPS) is 9.80. The van der Waals surface area contributed by atoms with E-state index in [-0.39, 0.29) is 12.5 Å². The largest absolute Gasteiger partial charge is 0.481 e. The van der Waals surface area contributed by atoms with Crippen LogP contribution in [-0.2, 0) is 9.53 Å². The van der Waals surface area contributed by atoms with Crippen LogP contribution in [0.1, 0.15) is 0 Å². The first-order chi connectivity index (χ1) is 7.19. The SMILES string of the molecule is COCC(=O)N(C)c1ccc(OC)nc1. The van der Waals surface area contributed by atoms with Gasteiger partial charge in [-0.3, -0.25) is 4.79 Å². The topological polar surface area (TPSA) is 51.7 Å². The Morgan fingerprint density at radius 3 is 2.67 bits per heavy atom. The van der Waals surface area contributed by atoms with Crippen LogP contribution in [-0.4, -0.2) is 38.8 Å². The third-order valence-corrected chi connectivity index (χ3v) is 1.96. The predicted molar refractivity (Wildman–Crippen MR) is 56.1 cm³/mol. The van der Waals surface area contributed by atoms with E-state index in [2.05, 4.69) is 4.98 Å². The lowest BCUT2D eigenvalue weighted by Gasteiger charge is -2.16. The van der Waals surface area contributed by atoms with E-state index >= 15 is 0 Å². The number of ether oxygens (including phenoxy) is 2. The molecule has 0 aromatic carbocycles. The molecule has 0 aliphatic rings. The van der Waals surface area contributed by atoms with E-state index in [1.165, 1.54) is 12.0 Å². The molecule has 0 aliphatic carbocycles. The number of hydrogen-bond acceptors (Lipinski definition) is 4. The standard InChI is InChI=1S/C10H14N2O3/c1-12(10(13)7-14-2)8-4-5-9(15-3)11-6-8/h4-6H,7H2,1-3H3. The van der Waals surface area contributed by atoms with Gasteiger partial charge in [0.25, 0.3) is 5.91 Å². The van der Waals surface area contributed by atoms with Gasteiger partial charge in [0.2, 0.25) is 5.88 Å². The molecule has 15 heavy (non-hydrogen) atoms. The van der Waals surface area contributed by atoms with Crippen LogP contribution in [0.5, 0.6) is 5.88 Å². The number of carbonyl (C=O) groups excluding carboxylic acids is 1. The summed E-state index contributed by atoms with van der Waals surface area (Å²) in [7, 11) is 4.70. The lowest BCUT2D eigenvalue weighted by Crippen LogP contribution is -2.29. The van der Waals surface area contributed by atoms with Crippen molar-refractivity contribution in [1.82, 2.24) is 4.98 Å². The molecule has 0 fully saturated rings. The Balaban J connectivity index is 2.73. The van der Waals surface area contributed by atoms with E-state index < -0.39 is 0 Å². The predicted octanol–water partition coefficient (Wildman–Crippen LogP) is 0.699. The molecule has 1 aromatic rings. The highest BCUT2D eigenvalue weighted by atomic mass is 16.5. The third-order valence-electron chi connectivity index (χ3n) is 1.96. The van der Waals surface area contributed by atoms with E-state index in [1.807, 2.05) is 0 Å². The van der Waals surface area contributed by atoms with Gasteiger partial charge in [-0.1, -0.05) is 0 Å². The minimum Gasteiger partial charge on any atom is -0.481 e. The van der Waals surface area contributed by atoms with Gasteiger partial charge in [-0.25, -0.2) is 4.98 Å². The zero-order valence-electron chi connectivity index (χ0n) is 9.06. The van der Waals surface area contributed by atoms with E-state index in [4.69, 9.17) is 9.47 Å². The van der Waals surface area contributed by atoms with Gasteiger partial charge in [0, 0.05) is 20.2 Å². The number of likely N-dealkylation sites (N-methyl/N-ethyl adjacent to an activating group) is 1. The average molecular weight is 210 g/mol. The summed E-state index contributed by atoms with van der Waals surface area (Å²) in [5, 5.41) is 0. The maximum absolute atomic E-state index is 11.4. The van der Waals surface area contributed by atoms with Crippen LogP contribution in [0.25, 0.3) is 0 Å². The first-order valence-corrected chi connectivity index (χ1v) is 4.44. The van der Waals surface area contributed by atoms with Gasteiger partial charge < -0.3 is 14.4 Å². The molecule has 0 N–H and O–H groups in total. The van der Waals surface area contributed by atoms with E-state index in [0.717, 1.165) is 0 Å². The van der Waals surface area contributed by atoms with Gasteiger partial charge in [-0.2, -0.15) is 0 Å². The molecule has 1 amide bonds. The van der Waals surface area contributed by atoms with Crippen molar-refractivity contribution in [2.45, 2.75) is 0 Å². The number of hydrogen-bond donors (Lipinski definition) is 0. The molecule has 1 heterocycles. The summed E-state index contributed by atoms with van der Waals surface area (Å²) in [6.07, 6.45) is 1.58. The monoisotopic (exact) mass is 210 g/mol. The van der Waals surface area contributed by atoms with Crippen LogP contribution in [0.4, 0.5) is 5.69 Å². The summed E-state index contributed by atoms with van der Waals surface area (Å²) >= 11 is 0. The van der Waals surface area contributed by atoms with Gasteiger partial charge in [-0.05, 0) is 6.07 Å².